The van der Waals surface area contributed by atoms with Gasteiger partial charge in [0.2, 0.25) is 0 Å². The fourth-order valence-electron chi connectivity index (χ4n) is 1.28. The highest BCUT2D eigenvalue weighted by Crippen LogP contribution is 2.29. The molecule has 0 aliphatic heterocycles. The zero-order valence-electron chi connectivity index (χ0n) is 7.92. The molecule has 2 rings (SSSR count). The molecule has 0 radical (unpaired) electrons. The second-order valence-electron chi connectivity index (χ2n) is 3.15. The lowest BCUT2D eigenvalue weighted by Crippen LogP contribution is -1.88. The lowest BCUT2D eigenvalue weighted by atomic mass is 10.1. The van der Waals surface area contributed by atoms with Gasteiger partial charge in [-0.2, -0.15) is 0 Å². The molecular formula is C11H6Cl2FNO. The Labute approximate surface area is 101 Å². The Morgan fingerprint density at radius 2 is 1.88 bits per heavy atom. The van der Waals surface area contributed by atoms with E-state index in [0.29, 0.717) is 15.6 Å². The monoisotopic (exact) mass is 257 g/mol. The number of hydrogen-bond donors (Lipinski definition) is 1. The van der Waals surface area contributed by atoms with Gasteiger partial charge in [0.1, 0.15) is 11.4 Å². The maximum Gasteiger partial charge on any atom is 0.153 e. The van der Waals surface area contributed by atoms with Crippen molar-refractivity contribution in [2.45, 2.75) is 0 Å². The Morgan fingerprint density at radius 3 is 2.50 bits per heavy atom. The number of aromatic nitrogens is 1. The quantitative estimate of drug-likeness (QED) is 0.841. The molecule has 0 aliphatic rings. The summed E-state index contributed by atoms with van der Waals surface area (Å²) in [7, 11) is 0. The largest absolute Gasteiger partial charge is 0.506 e. The molecule has 2 nitrogen and oxygen atoms in total. The van der Waals surface area contributed by atoms with Gasteiger partial charge in [-0.3, -0.25) is 0 Å². The van der Waals surface area contributed by atoms with Crippen molar-refractivity contribution in [1.82, 2.24) is 4.98 Å². The molecule has 0 saturated heterocycles. The Kier molecular flexibility index (Phi) is 2.99. The minimum Gasteiger partial charge on any atom is -0.506 e. The summed E-state index contributed by atoms with van der Waals surface area (Å²) in [5.74, 6) is -0.834. The summed E-state index contributed by atoms with van der Waals surface area (Å²) in [4.78, 5) is 3.79. The van der Waals surface area contributed by atoms with Gasteiger partial charge in [-0.1, -0.05) is 29.3 Å². The molecule has 82 valence electrons. The van der Waals surface area contributed by atoms with Crippen molar-refractivity contribution in [2.24, 2.45) is 0 Å². The van der Waals surface area contributed by atoms with Gasteiger partial charge in [0.05, 0.1) is 16.2 Å². The zero-order valence-corrected chi connectivity index (χ0v) is 9.43. The van der Waals surface area contributed by atoms with Gasteiger partial charge in [-0.05, 0) is 12.1 Å². The lowest BCUT2D eigenvalue weighted by Gasteiger charge is -2.04. The molecule has 1 aromatic heterocycles. The van der Waals surface area contributed by atoms with E-state index in [4.69, 9.17) is 28.3 Å². The Morgan fingerprint density at radius 1 is 1.12 bits per heavy atom. The summed E-state index contributed by atoms with van der Waals surface area (Å²) in [6.45, 7) is 0. The number of pyridine rings is 1. The van der Waals surface area contributed by atoms with Crippen LogP contribution in [0.2, 0.25) is 10.0 Å². The van der Waals surface area contributed by atoms with Crippen LogP contribution in [0.5, 0.6) is 5.75 Å². The van der Waals surface area contributed by atoms with E-state index >= 15 is 0 Å². The number of benzene rings is 1. The van der Waals surface area contributed by atoms with E-state index in [2.05, 4.69) is 4.98 Å². The highest BCUT2D eigenvalue weighted by molar-refractivity contribution is 6.42. The first-order valence-electron chi connectivity index (χ1n) is 4.38. The topological polar surface area (TPSA) is 33.1 Å². The minimum atomic E-state index is -0.613. The van der Waals surface area contributed by atoms with Gasteiger partial charge < -0.3 is 5.11 Å². The van der Waals surface area contributed by atoms with Crippen LogP contribution in [0.1, 0.15) is 0 Å². The number of halogens is 3. The molecule has 0 fully saturated rings. The highest BCUT2D eigenvalue weighted by Gasteiger charge is 2.09. The molecule has 0 bridgehead atoms. The third-order valence-corrected chi connectivity index (χ3v) is 2.76. The van der Waals surface area contributed by atoms with Crippen LogP contribution in [0, 0.1) is 5.82 Å². The highest BCUT2D eigenvalue weighted by atomic mass is 35.5. The third kappa shape index (κ3) is 2.10. The van der Waals surface area contributed by atoms with Crippen LogP contribution in [0.15, 0.2) is 30.5 Å². The van der Waals surface area contributed by atoms with Gasteiger partial charge in [0.15, 0.2) is 5.82 Å². The molecule has 1 heterocycles. The number of rotatable bonds is 1. The van der Waals surface area contributed by atoms with Crippen LogP contribution < -0.4 is 0 Å². The van der Waals surface area contributed by atoms with Crippen LogP contribution in [-0.2, 0) is 0 Å². The van der Waals surface area contributed by atoms with Crippen LogP contribution in [0.3, 0.4) is 0 Å². The molecule has 5 heteroatoms. The molecule has 0 amide bonds. The lowest BCUT2D eigenvalue weighted by molar-refractivity contribution is 0.466. The maximum atomic E-state index is 13.5. The summed E-state index contributed by atoms with van der Waals surface area (Å²) in [6.07, 6.45) is 1.17. The summed E-state index contributed by atoms with van der Waals surface area (Å²) in [5, 5.41) is 9.75. The van der Waals surface area contributed by atoms with Gasteiger partial charge in [0, 0.05) is 11.6 Å². The summed E-state index contributed by atoms with van der Waals surface area (Å²) >= 11 is 11.6. The predicted octanol–water partition coefficient (Wildman–Crippen LogP) is 3.90. The first-order chi connectivity index (χ1) is 7.58. The van der Waals surface area contributed by atoms with Gasteiger partial charge in [0.25, 0.3) is 0 Å². The average Bonchev–Trinajstić information content (AvgIpc) is 2.22. The normalized spacial score (nSPS) is 10.4. The van der Waals surface area contributed by atoms with Gasteiger partial charge >= 0.3 is 0 Å². The van der Waals surface area contributed by atoms with Crippen molar-refractivity contribution in [3.05, 3.63) is 46.3 Å². The van der Waals surface area contributed by atoms with E-state index in [0.717, 1.165) is 6.07 Å². The molecule has 16 heavy (non-hydrogen) atoms. The fourth-order valence-corrected chi connectivity index (χ4v) is 1.58. The van der Waals surface area contributed by atoms with E-state index < -0.39 is 5.82 Å². The average molecular weight is 258 g/mol. The maximum absolute atomic E-state index is 13.5. The van der Waals surface area contributed by atoms with E-state index in [-0.39, 0.29) is 11.4 Å². The van der Waals surface area contributed by atoms with Crippen molar-refractivity contribution in [1.29, 1.82) is 0 Å². The Hall–Kier alpha value is -1.32. The van der Waals surface area contributed by atoms with Gasteiger partial charge in [-0.25, -0.2) is 9.37 Å². The van der Waals surface area contributed by atoms with Crippen LogP contribution in [0.25, 0.3) is 11.3 Å². The fraction of sp³-hybridized carbons (Fsp3) is 0. The van der Waals surface area contributed by atoms with E-state index in [1.165, 1.54) is 12.3 Å². The summed E-state index contributed by atoms with van der Waals surface area (Å²) in [6, 6.07) is 5.68. The molecule has 0 spiro atoms. The standard InChI is InChI=1S/C11H6Cl2FNO/c12-8-2-1-6(3-9(8)13)11-10(14)4-7(16)5-15-11/h1-5,16H. The first-order valence-corrected chi connectivity index (χ1v) is 5.13. The third-order valence-electron chi connectivity index (χ3n) is 2.02. The van der Waals surface area contributed by atoms with Crippen molar-refractivity contribution in [2.75, 3.05) is 0 Å². The minimum absolute atomic E-state index is 0.122. The van der Waals surface area contributed by atoms with E-state index in [9.17, 15) is 4.39 Å². The molecule has 0 aliphatic carbocycles. The van der Waals surface area contributed by atoms with Crippen LogP contribution in [-0.4, -0.2) is 10.1 Å². The second-order valence-corrected chi connectivity index (χ2v) is 3.97. The van der Waals surface area contributed by atoms with Crippen molar-refractivity contribution in [3.63, 3.8) is 0 Å². The molecule has 0 unspecified atom stereocenters. The molecule has 0 atom stereocenters. The molecule has 1 aromatic carbocycles. The van der Waals surface area contributed by atoms with E-state index in [1.54, 1.807) is 12.1 Å². The van der Waals surface area contributed by atoms with Crippen molar-refractivity contribution >= 4 is 23.2 Å². The first kappa shape index (κ1) is 11.2. The Balaban J connectivity index is 2.54. The van der Waals surface area contributed by atoms with Crippen molar-refractivity contribution in [3.8, 4) is 17.0 Å². The van der Waals surface area contributed by atoms with Crippen molar-refractivity contribution < 1.29 is 9.50 Å². The molecule has 2 aromatic rings. The summed E-state index contributed by atoms with van der Waals surface area (Å²) < 4.78 is 13.5. The number of nitrogens with zero attached hydrogens (tertiary/aromatic N) is 1. The SMILES string of the molecule is Oc1cnc(-c2ccc(Cl)c(Cl)c2)c(F)c1. The van der Waals surface area contributed by atoms with Crippen LogP contribution in [0.4, 0.5) is 4.39 Å². The predicted molar refractivity (Wildman–Crippen MR) is 61.3 cm³/mol. The number of hydrogen-bond acceptors (Lipinski definition) is 2. The molecule has 0 saturated carbocycles. The number of aromatic hydroxyl groups is 1. The van der Waals surface area contributed by atoms with Gasteiger partial charge in [-0.15, -0.1) is 0 Å². The van der Waals surface area contributed by atoms with E-state index in [1.807, 2.05) is 0 Å². The second kappa shape index (κ2) is 4.28. The molecular weight excluding hydrogens is 252 g/mol. The summed E-state index contributed by atoms with van der Waals surface area (Å²) in [5.41, 5.74) is 0.628. The van der Waals surface area contributed by atoms with Crippen LogP contribution >= 0.6 is 23.2 Å². The smallest absolute Gasteiger partial charge is 0.153 e. The Bertz CT molecular complexity index is 546. The molecule has 1 N–H and O–H groups in total. The zero-order chi connectivity index (χ0) is 11.7.